The molecule has 0 spiro atoms. The summed E-state index contributed by atoms with van der Waals surface area (Å²) in [6, 6.07) is 0.107. The van der Waals surface area contributed by atoms with E-state index in [1.54, 1.807) is 6.20 Å². The van der Waals surface area contributed by atoms with Crippen molar-refractivity contribution in [3.63, 3.8) is 0 Å². The van der Waals surface area contributed by atoms with Crippen LogP contribution in [0.3, 0.4) is 0 Å². The molecule has 3 aliphatic carbocycles. The van der Waals surface area contributed by atoms with Crippen LogP contribution in [0.25, 0.3) is 21.9 Å². The summed E-state index contributed by atoms with van der Waals surface area (Å²) in [7, 11) is 0. The first-order valence-electron chi connectivity index (χ1n) is 12.5. The minimum atomic E-state index is -0.365. The maximum Gasteiger partial charge on any atom is 0.407 e. The number of fused-ring (bicyclic) bond motifs is 3. The molecule has 1 aliphatic heterocycles. The van der Waals surface area contributed by atoms with E-state index in [0.717, 1.165) is 30.9 Å². The largest absolute Gasteiger partial charge is 0.443 e. The van der Waals surface area contributed by atoms with Crippen LogP contribution in [0.5, 0.6) is 0 Å². The molecule has 1 saturated heterocycles. The average molecular weight is 562 g/mol. The number of β-amino-alcohol motifs (C(OH)–C–C–N with tert-alkyl or cyclic N) is 1. The van der Waals surface area contributed by atoms with Gasteiger partial charge in [0.15, 0.2) is 21.8 Å². The fourth-order valence-electron chi connectivity index (χ4n) is 5.52. The summed E-state index contributed by atoms with van der Waals surface area (Å²) in [5.41, 5.74) is 1.81. The number of thiazole rings is 1. The van der Waals surface area contributed by atoms with Gasteiger partial charge >= 0.3 is 6.09 Å². The Morgan fingerprint density at radius 3 is 2.84 bits per heavy atom. The van der Waals surface area contributed by atoms with Crippen molar-refractivity contribution in [2.45, 2.75) is 50.0 Å². The average Bonchev–Trinajstić information content (AvgIpc) is 3.35. The number of anilines is 2. The van der Waals surface area contributed by atoms with Gasteiger partial charge in [-0.3, -0.25) is 0 Å². The quantitative estimate of drug-likeness (QED) is 0.329. The van der Waals surface area contributed by atoms with Gasteiger partial charge < -0.3 is 30.4 Å². The maximum atomic E-state index is 12.4. The topological polar surface area (TPSA) is 128 Å². The fraction of sp³-hybridized carbons (Fsp3) is 0.500. The van der Waals surface area contributed by atoms with E-state index in [0.29, 0.717) is 50.7 Å². The Morgan fingerprint density at radius 1 is 1.22 bits per heavy atom. The third kappa shape index (κ3) is 4.31. The van der Waals surface area contributed by atoms with Crippen LogP contribution in [-0.2, 0) is 4.74 Å². The molecule has 4 N–H and O–H groups in total. The molecule has 4 aliphatic rings. The van der Waals surface area contributed by atoms with Crippen LogP contribution in [-0.4, -0.2) is 68.5 Å². The molecule has 3 aromatic rings. The highest BCUT2D eigenvalue weighted by Gasteiger charge is 2.47. The zero-order valence-corrected chi connectivity index (χ0v) is 22.0. The van der Waals surface area contributed by atoms with Gasteiger partial charge in [-0.15, -0.1) is 0 Å². The predicted molar refractivity (Wildman–Crippen MR) is 142 cm³/mol. The summed E-state index contributed by atoms with van der Waals surface area (Å²) in [6.45, 7) is 1.27. The summed E-state index contributed by atoms with van der Waals surface area (Å²) in [6.07, 6.45) is 8.51. The lowest BCUT2D eigenvalue weighted by Gasteiger charge is -2.29. The number of rotatable bonds is 6. The van der Waals surface area contributed by atoms with Gasteiger partial charge in [0.1, 0.15) is 16.5 Å². The zero-order valence-electron chi connectivity index (χ0n) is 19.7. The Labute approximate surface area is 226 Å². The molecule has 0 aromatic carbocycles. The van der Waals surface area contributed by atoms with E-state index in [4.69, 9.17) is 27.9 Å². The Balaban J connectivity index is 1.18. The second-order valence-corrected chi connectivity index (χ2v) is 11.9. The first-order valence-corrected chi connectivity index (χ1v) is 14.1. The molecule has 3 aromatic heterocycles. The summed E-state index contributed by atoms with van der Waals surface area (Å²) < 4.78 is 5.89. The zero-order chi connectivity index (χ0) is 25.3. The Hall–Kier alpha value is -2.60. The van der Waals surface area contributed by atoms with E-state index >= 15 is 0 Å². The normalized spacial score (nSPS) is 28.4. The van der Waals surface area contributed by atoms with Crippen LogP contribution < -0.4 is 15.5 Å². The van der Waals surface area contributed by atoms with Crippen molar-refractivity contribution in [3.8, 4) is 10.7 Å². The van der Waals surface area contributed by atoms with Crippen molar-refractivity contribution in [1.29, 1.82) is 0 Å². The van der Waals surface area contributed by atoms with E-state index in [-0.39, 0.29) is 42.2 Å². The lowest BCUT2D eigenvalue weighted by Crippen LogP contribution is -2.42. The van der Waals surface area contributed by atoms with Crippen molar-refractivity contribution in [2.75, 3.05) is 23.3 Å². The minimum Gasteiger partial charge on any atom is -0.443 e. The molecule has 194 valence electrons. The van der Waals surface area contributed by atoms with E-state index in [1.165, 1.54) is 11.3 Å². The first-order chi connectivity index (χ1) is 17.9. The molecule has 10 nitrogen and oxygen atoms in total. The first kappa shape index (κ1) is 23.5. The van der Waals surface area contributed by atoms with Crippen LogP contribution in [0.1, 0.15) is 25.7 Å². The van der Waals surface area contributed by atoms with Crippen molar-refractivity contribution in [2.24, 2.45) is 11.8 Å². The van der Waals surface area contributed by atoms with E-state index in [9.17, 15) is 9.90 Å². The number of aromatic amines is 1. The van der Waals surface area contributed by atoms with E-state index < -0.39 is 0 Å². The molecule has 37 heavy (non-hydrogen) atoms. The number of hydrogen-bond acceptors (Lipinski definition) is 9. The van der Waals surface area contributed by atoms with Crippen molar-refractivity contribution in [1.82, 2.24) is 25.3 Å². The Kier molecular flexibility index (Phi) is 5.72. The van der Waals surface area contributed by atoms with Gasteiger partial charge in [0, 0.05) is 31.0 Å². The number of pyridine rings is 1. The number of ether oxygens (including phenoxy) is 1. The molecular weight excluding hydrogens is 537 g/mol. The van der Waals surface area contributed by atoms with Gasteiger partial charge in [0.2, 0.25) is 0 Å². The van der Waals surface area contributed by atoms with Gasteiger partial charge in [-0.25, -0.2) is 19.7 Å². The summed E-state index contributed by atoms with van der Waals surface area (Å²) in [4.78, 5) is 32.1. The molecule has 2 bridgehead atoms. The Morgan fingerprint density at radius 2 is 2.05 bits per heavy atom. The van der Waals surface area contributed by atoms with E-state index in [1.807, 2.05) is 4.90 Å². The molecule has 0 unspecified atom stereocenters. The maximum absolute atomic E-state index is 12.4. The lowest BCUT2D eigenvalue weighted by molar-refractivity contribution is 0.0772. The molecule has 5 atom stereocenters. The number of alkyl carbamates (subject to hydrolysis) is 1. The van der Waals surface area contributed by atoms with E-state index in [2.05, 4.69) is 42.7 Å². The monoisotopic (exact) mass is 561 g/mol. The number of aliphatic hydroxyl groups is 1. The fourth-order valence-corrected chi connectivity index (χ4v) is 6.99. The predicted octanol–water partition coefficient (Wildman–Crippen LogP) is 4.20. The van der Waals surface area contributed by atoms with Crippen LogP contribution in [0.4, 0.5) is 15.6 Å². The number of carbonyl (C=O) groups is 1. The Bertz CT molecular complexity index is 1410. The minimum absolute atomic E-state index is 0.130. The molecular formula is C24H25Cl2N7O3S. The highest BCUT2D eigenvalue weighted by Crippen LogP contribution is 2.45. The molecule has 0 radical (unpaired) electrons. The number of hydrogen-bond donors (Lipinski definition) is 4. The van der Waals surface area contributed by atoms with Gasteiger partial charge in [0.25, 0.3) is 0 Å². The second-order valence-electron chi connectivity index (χ2n) is 10.2. The van der Waals surface area contributed by atoms with Crippen molar-refractivity contribution < 1.29 is 14.6 Å². The van der Waals surface area contributed by atoms with Crippen molar-refractivity contribution >= 4 is 62.6 Å². The number of amides is 1. The molecule has 3 fully saturated rings. The smallest absolute Gasteiger partial charge is 0.407 e. The van der Waals surface area contributed by atoms with Crippen LogP contribution in [0, 0.1) is 11.8 Å². The number of H-pyrrole nitrogens is 1. The van der Waals surface area contributed by atoms with Crippen LogP contribution in [0.2, 0.25) is 10.2 Å². The summed E-state index contributed by atoms with van der Waals surface area (Å²) in [5.74, 6) is 0.935. The van der Waals surface area contributed by atoms with Crippen LogP contribution >= 0.6 is 34.5 Å². The molecule has 13 heteroatoms. The van der Waals surface area contributed by atoms with Crippen molar-refractivity contribution in [3.05, 3.63) is 28.5 Å². The lowest BCUT2D eigenvalue weighted by atomic mass is 9.98. The third-order valence-corrected chi connectivity index (χ3v) is 9.33. The number of carbonyl (C=O) groups excluding carboxylic acids is 1. The number of nitrogens with one attached hydrogen (secondary N) is 3. The highest BCUT2D eigenvalue weighted by molar-refractivity contribution is 7.19. The standard InChI is InChI=1S/C24H25Cl2N7O3S/c25-14-8-27-21-17(30-22(32-21)19-20(26)31-23(37-19)33-6-5-13(34)9-33)16(14)29-15-10-1-2-11(7-10)18(15)36-24(35)28-12-3-4-12/h1-2,8,10-13,15,18,34H,3-7,9H2,(H,28,35)(H2,27,29,30,32)/t10-,11+,13+,15+,18-/m0/s1. The SMILES string of the molecule is O=C(NC1CC1)O[C@@H]1[C@H](Nc2c(Cl)cnc3nc(-c4sc(N5CC[C@@H](O)C5)nc4Cl)[nH]c23)[C@H]2C=C[C@@H]1C2. The molecule has 7 rings (SSSR count). The summed E-state index contributed by atoms with van der Waals surface area (Å²) in [5, 5.41) is 17.9. The third-order valence-electron chi connectivity index (χ3n) is 7.54. The molecule has 4 heterocycles. The summed E-state index contributed by atoms with van der Waals surface area (Å²) >= 11 is 14.6. The molecule has 2 saturated carbocycles. The highest BCUT2D eigenvalue weighted by atomic mass is 35.5. The van der Waals surface area contributed by atoms with Gasteiger partial charge in [-0.05, 0) is 25.7 Å². The number of aromatic nitrogens is 4. The number of nitrogens with zero attached hydrogens (tertiary/aromatic N) is 4. The van der Waals surface area contributed by atoms with Gasteiger partial charge in [0.05, 0.1) is 29.1 Å². The number of aliphatic hydroxyl groups excluding tert-OH is 1. The number of imidazole rings is 1. The van der Waals surface area contributed by atoms with Gasteiger partial charge in [-0.1, -0.05) is 46.7 Å². The van der Waals surface area contributed by atoms with Crippen LogP contribution in [0.15, 0.2) is 18.3 Å². The molecule has 1 amide bonds. The second kappa shape index (κ2) is 9.00. The number of halogens is 2. The van der Waals surface area contributed by atoms with Gasteiger partial charge in [-0.2, -0.15) is 0 Å².